The van der Waals surface area contributed by atoms with Crippen molar-refractivity contribution in [3.8, 4) is 0 Å². The first kappa shape index (κ1) is 17.4. The molecule has 0 aromatic heterocycles. The fourth-order valence-electron chi connectivity index (χ4n) is 5.13. The zero-order valence-electron chi connectivity index (χ0n) is 14.0. The second-order valence-electron chi connectivity index (χ2n) is 8.05. The molecule has 4 fully saturated rings. The van der Waals surface area contributed by atoms with Crippen LogP contribution in [-0.4, -0.2) is 56.3 Å². The Labute approximate surface area is 140 Å². The van der Waals surface area contributed by atoms with Gasteiger partial charge >= 0.3 is 11.9 Å². The van der Waals surface area contributed by atoms with Gasteiger partial charge in [-0.05, 0) is 6.92 Å². The number of rotatable bonds is 4. The highest BCUT2D eigenvalue weighted by molar-refractivity contribution is 5.88. The van der Waals surface area contributed by atoms with Crippen molar-refractivity contribution in [3.63, 3.8) is 0 Å². The van der Waals surface area contributed by atoms with Gasteiger partial charge in [0.15, 0.2) is 6.61 Å². The van der Waals surface area contributed by atoms with Crippen molar-refractivity contribution in [1.82, 2.24) is 0 Å². The van der Waals surface area contributed by atoms with Crippen LogP contribution in [0.2, 0.25) is 0 Å². The minimum absolute atomic E-state index is 0.159. The summed E-state index contributed by atoms with van der Waals surface area (Å²) in [6, 6.07) is 0. The summed E-state index contributed by atoms with van der Waals surface area (Å²) < 4.78 is 10.4. The summed E-state index contributed by atoms with van der Waals surface area (Å²) in [5.41, 5.74) is -4.81. The fraction of sp³-hybridized carbons (Fsp3) is 0.765. The summed E-state index contributed by atoms with van der Waals surface area (Å²) in [6.45, 7) is 6.08. The quantitative estimate of drug-likeness (QED) is 0.495. The molecular weight excluding hydrogens is 316 g/mol. The van der Waals surface area contributed by atoms with Crippen LogP contribution < -0.4 is 0 Å². The van der Waals surface area contributed by atoms with Gasteiger partial charge in [-0.15, -0.1) is 0 Å². The Balaban J connectivity index is 1.78. The number of aliphatic hydroxyl groups is 3. The number of carbonyl (C=O) groups is 2. The van der Waals surface area contributed by atoms with Gasteiger partial charge in [0.05, 0.1) is 16.8 Å². The Kier molecular flexibility index (Phi) is 3.64. The molecule has 0 radical (unpaired) electrons. The smallest absolute Gasteiger partial charge is 0.344 e. The van der Waals surface area contributed by atoms with E-state index in [0.29, 0.717) is 0 Å². The van der Waals surface area contributed by atoms with E-state index in [1.165, 1.54) is 6.92 Å². The molecule has 7 heteroatoms. The average molecular weight is 340 g/mol. The maximum atomic E-state index is 12.1. The summed E-state index contributed by atoms with van der Waals surface area (Å²) >= 11 is 0. The van der Waals surface area contributed by atoms with Crippen molar-refractivity contribution in [2.24, 2.45) is 5.92 Å². The van der Waals surface area contributed by atoms with E-state index in [4.69, 9.17) is 9.47 Å². The van der Waals surface area contributed by atoms with E-state index in [1.54, 1.807) is 6.92 Å². The number of hydrogen-bond donors (Lipinski definition) is 3. The number of carbonyl (C=O) groups excluding carboxylic acids is 2. The van der Waals surface area contributed by atoms with Crippen molar-refractivity contribution >= 4 is 11.9 Å². The number of esters is 2. The Morgan fingerprint density at radius 1 is 1.08 bits per heavy atom. The molecule has 0 aromatic carbocycles. The lowest BCUT2D eigenvalue weighted by molar-refractivity contribution is -0.326. The van der Waals surface area contributed by atoms with Crippen LogP contribution in [-0.2, 0) is 19.1 Å². The second kappa shape index (κ2) is 5.03. The maximum Gasteiger partial charge on any atom is 0.344 e. The molecular formula is C17H24O7. The molecule has 0 aliphatic heterocycles. The molecule has 3 atom stereocenters. The summed E-state index contributed by atoms with van der Waals surface area (Å²) in [5, 5.41) is 32.3. The van der Waals surface area contributed by atoms with Crippen LogP contribution in [0.4, 0.5) is 0 Å². The standard InChI is InChI=1S/C17H24O7/c1-10(2)13(19)23-4-12(18)24-17-8-14(20)5-15(21,9-17)7-16(22,6-14)11(17)3/h11,20-22H,1,4-9H2,2-3H3. The van der Waals surface area contributed by atoms with E-state index < -0.39 is 46.9 Å². The molecule has 4 aliphatic rings. The molecule has 0 aromatic rings. The van der Waals surface area contributed by atoms with Crippen LogP contribution in [0.25, 0.3) is 0 Å². The first-order chi connectivity index (χ1) is 10.9. The van der Waals surface area contributed by atoms with Crippen LogP contribution >= 0.6 is 0 Å². The highest BCUT2D eigenvalue weighted by Gasteiger charge is 2.72. The third-order valence-electron chi connectivity index (χ3n) is 5.77. The summed E-state index contributed by atoms with van der Waals surface area (Å²) in [6.07, 6.45) is 0.803. The van der Waals surface area contributed by atoms with Crippen LogP contribution in [0.3, 0.4) is 0 Å². The summed E-state index contributed by atoms with van der Waals surface area (Å²) in [7, 11) is 0. The van der Waals surface area contributed by atoms with Crippen LogP contribution in [0.15, 0.2) is 12.2 Å². The van der Waals surface area contributed by atoms with Gasteiger partial charge in [-0.2, -0.15) is 0 Å². The molecule has 4 aliphatic carbocycles. The molecule has 3 N–H and O–H groups in total. The lowest BCUT2D eigenvalue weighted by Gasteiger charge is -2.67. The zero-order valence-corrected chi connectivity index (χ0v) is 14.0. The van der Waals surface area contributed by atoms with E-state index in [9.17, 15) is 24.9 Å². The van der Waals surface area contributed by atoms with Gasteiger partial charge in [0.25, 0.3) is 0 Å². The van der Waals surface area contributed by atoms with Crippen molar-refractivity contribution in [2.45, 2.75) is 68.4 Å². The molecule has 4 saturated carbocycles. The molecule has 0 saturated heterocycles. The highest BCUT2D eigenvalue weighted by Crippen LogP contribution is 2.64. The monoisotopic (exact) mass is 340 g/mol. The van der Waals surface area contributed by atoms with Crippen LogP contribution in [0, 0.1) is 5.92 Å². The minimum atomic E-state index is -1.28. The number of ether oxygens (including phenoxy) is 2. The SMILES string of the molecule is C=C(C)C(=O)OCC(=O)OC12CC3(O)CC(O)(CC(O)(C3)C1C)C2. The van der Waals surface area contributed by atoms with E-state index in [2.05, 4.69) is 6.58 Å². The van der Waals surface area contributed by atoms with Gasteiger partial charge in [0.2, 0.25) is 0 Å². The van der Waals surface area contributed by atoms with Gasteiger partial charge in [-0.25, -0.2) is 9.59 Å². The van der Waals surface area contributed by atoms with E-state index in [-0.39, 0.29) is 37.7 Å². The predicted octanol–water partition coefficient (Wildman–Crippen LogP) is 0.208. The lowest BCUT2D eigenvalue weighted by Crippen LogP contribution is -2.76. The van der Waals surface area contributed by atoms with Crippen LogP contribution in [0.5, 0.6) is 0 Å². The largest absolute Gasteiger partial charge is 0.456 e. The third kappa shape index (κ3) is 2.64. The van der Waals surface area contributed by atoms with Crippen molar-refractivity contribution in [3.05, 3.63) is 12.2 Å². The molecule has 134 valence electrons. The van der Waals surface area contributed by atoms with E-state index in [0.717, 1.165) is 0 Å². The lowest BCUT2D eigenvalue weighted by atomic mass is 9.45. The van der Waals surface area contributed by atoms with E-state index >= 15 is 0 Å². The molecule has 0 spiro atoms. The molecule has 4 bridgehead atoms. The molecule has 0 heterocycles. The fourth-order valence-corrected chi connectivity index (χ4v) is 5.13. The van der Waals surface area contributed by atoms with Crippen molar-refractivity contribution in [1.29, 1.82) is 0 Å². The molecule has 4 rings (SSSR count). The maximum absolute atomic E-state index is 12.1. The molecule has 7 nitrogen and oxygen atoms in total. The number of hydrogen-bond acceptors (Lipinski definition) is 7. The molecule has 3 unspecified atom stereocenters. The van der Waals surface area contributed by atoms with Gasteiger partial charge < -0.3 is 24.8 Å². The minimum Gasteiger partial charge on any atom is -0.456 e. The molecule has 24 heavy (non-hydrogen) atoms. The van der Waals surface area contributed by atoms with Crippen molar-refractivity contribution in [2.75, 3.05) is 6.61 Å². The highest BCUT2D eigenvalue weighted by atomic mass is 16.6. The first-order valence-corrected chi connectivity index (χ1v) is 8.13. The van der Waals surface area contributed by atoms with Crippen LogP contribution in [0.1, 0.15) is 46.0 Å². The topological polar surface area (TPSA) is 113 Å². The Morgan fingerprint density at radius 3 is 2.12 bits per heavy atom. The van der Waals surface area contributed by atoms with Gasteiger partial charge in [0, 0.05) is 43.6 Å². The summed E-state index contributed by atoms with van der Waals surface area (Å²) in [4.78, 5) is 23.5. The third-order valence-corrected chi connectivity index (χ3v) is 5.77. The van der Waals surface area contributed by atoms with Crippen molar-refractivity contribution < 1.29 is 34.4 Å². The Morgan fingerprint density at radius 2 is 1.62 bits per heavy atom. The second-order valence-corrected chi connectivity index (χ2v) is 8.05. The average Bonchev–Trinajstić information content (AvgIpc) is 2.38. The summed E-state index contributed by atoms with van der Waals surface area (Å²) in [5.74, 6) is -1.90. The zero-order chi connectivity index (χ0) is 18.0. The molecule has 0 amide bonds. The Hall–Kier alpha value is -1.44. The van der Waals surface area contributed by atoms with Gasteiger partial charge in [-0.3, -0.25) is 0 Å². The van der Waals surface area contributed by atoms with E-state index in [1.807, 2.05) is 0 Å². The Bertz CT molecular complexity index is 592. The van der Waals surface area contributed by atoms with Gasteiger partial charge in [-0.1, -0.05) is 13.5 Å². The first-order valence-electron chi connectivity index (χ1n) is 8.13. The van der Waals surface area contributed by atoms with Gasteiger partial charge in [0.1, 0.15) is 5.60 Å². The predicted molar refractivity (Wildman–Crippen MR) is 81.7 cm³/mol. The normalized spacial score (nSPS) is 45.8.